The maximum atomic E-state index is 13.3. The molecule has 4 aromatic rings. The molecule has 0 aliphatic carbocycles. The first-order chi connectivity index (χ1) is 20.9. The molecule has 228 valence electrons. The standard InChI is InChI=1S/C32H33FN6O5/c1-32(2,3)44-31(43)38-17-5-4-6-24(38)28-37-26(27(30(41)42)39(28)34)20-7-9-21(10-8-20)29(40)36-25-18-22(15-16-35-25)19-11-13-23(33)14-12-19/h7-16,18,24H,4-6,17,34H2,1-3H3,(H,41,42)(H,35,36,40)/t24-/m0/s1. The van der Waals surface area contributed by atoms with Gasteiger partial charge in [-0.25, -0.2) is 28.6 Å². The van der Waals surface area contributed by atoms with Crippen LogP contribution in [0.4, 0.5) is 15.0 Å². The van der Waals surface area contributed by atoms with Gasteiger partial charge in [-0.3, -0.25) is 9.69 Å². The first-order valence-electron chi connectivity index (χ1n) is 14.2. The Morgan fingerprint density at radius 3 is 2.34 bits per heavy atom. The summed E-state index contributed by atoms with van der Waals surface area (Å²) in [6.07, 6.45) is 3.15. The molecular formula is C32H33FN6O5. The SMILES string of the molecule is CC(C)(C)OC(=O)N1CCCC[C@H]1c1nc(-c2ccc(C(=O)Nc3cc(-c4ccc(F)cc4)ccn3)cc2)c(C(=O)O)n1N. The van der Waals surface area contributed by atoms with Gasteiger partial charge in [0.05, 0.1) is 6.04 Å². The molecule has 1 aliphatic rings. The molecule has 1 fully saturated rings. The van der Waals surface area contributed by atoms with Crippen molar-refractivity contribution in [3.8, 4) is 22.4 Å². The Balaban J connectivity index is 1.38. The van der Waals surface area contributed by atoms with Crippen LogP contribution in [0.15, 0.2) is 66.9 Å². The summed E-state index contributed by atoms with van der Waals surface area (Å²) in [5.41, 5.74) is 1.42. The lowest BCUT2D eigenvalue weighted by Crippen LogP contribution is -2.43. The number of nitrogens with one attached hydrogen (secondary N) is 1. The molecular weight excluding hydrogens is 567 g/mol. The minimum absolute atomic E-state index is 0.116. The molecule has 1 aliphatic heterocycles. The number of likely N-dealkylation sites (tertiary alicyclic amines) is 1. The monoisotopic (exact) mass is 600 g/mol. The molecule has 11 nitrogen and oxygen atoms in total. The lowest BCUT2D eigenvalue weighted by Gasteiger charge is -2.36. The first-order valence-corrected chi connectivity index (χ1v) is 14.2. The van der Waals surface area contributed by atoms with Gasteiger partial charge in [0, 0.05) is 23.9 Å². The normalized spacial score (nSPS) is 15.1. The molecule has 44 heavy (non-hydrogen) atoms. The largest absolute Gasteiger partial charge is 0.476 e. The number of amides is 2. The smallest absolute Gasteiger partial charge is 0.410 e. The summed E-state index contributed by atoms with van der Waals surface area (Å²) >= 11 is 0. The van der Waals surface area contributed by atoms with E-state index in [-0.39, 0.29) is 23.0 Å². The molecule has 3 heterocycles. The van der Waals surface area contributed by atoms with E-state index in [1.807, 2.05) is 0 Å². The van der Waals surface area contributed by atoms with Gasteiger partial charge in [-0.15, -0.1) is 0 Å². The van der Waals surface area contributed by atoms with Gasteiger partial charge in [0.25, 0.3) is 5.91 Å². The number of rotatable bonds is 6. The average molecular weight is 601 g/mol. The fraction of sp³-hybridized carbons (Fsp3) is 0.281. The number of hydrogen-bond acceptors (Lipinski definition) is 7. The van der Waals surface area contributed by atoms with Gasteiger partial charge in [-0.05, 0) is 87.6 Å². The van der Waals surface area contributed by atoms with Crippen LogP contribution >= 0.6 is 0 Å². The summed E-state index contributed by atoms with van der Waals surface area (Å²) in [5, 5.41) is 12.8. The highest BCUT2D eigenvalue weighted by atomic mass is 19.1. The molecule has 0 radical (unpaired) electrons. The number of nitrogens with two attached hydrogens (primary N) is 1. The number of nitrogens with zero attached hydrogens (tertiary/aromatic N) is 4. The van der Waals surface area contributed by atoms with E-state index in [1.54, 1.807) is 80.4 Å². The Morgan fingerprint density at radius 1 is 1.00 bits per heavy atom. The number of aromatic nitrogens is 3. The highest BCUT2D eigenvalue weighted by Crippen LogP contribution is 2.34. The number of hydrogen-bond donors (Lipinski definition) is 3. The van der Waals surface area contributed by atoms with Gasteiger partial charge in [0.1, 0.15) is 22.9 Å². The van der Waals surface area contributed by atoms with E-state index < -0.39 is 29.6 Å². The number of benzene rings is 2. The van der Waals surface area contributed by atoms with Gasteiger partial charge in [0.15, 0.2) is 11.5 Å². The fourth-order valence-electron chi connectivity index (χ4n) is 5.12. The van der Waals surface area contributed by atoms with E-state index >= 15 is 0 Å². The van der Waals surface area contributed by atoms with Crippen molar-refractivity contribution in [3.63, 3.8) is 0 Å². The zero-order valence-electron chi connectivity index (χ0n) is 24.6. The number of halogens is 1. The van der Waals surface area contributed by atoms with Crippen LogP contribution in [0.25, 0.3) is 22.4 Å². The van der Waals surface area contributed by atoms with Gasteiger partial charge in [-0.1, -0.05) is 24.3 Å². The van der Waals surface area contributed by atoms with Gasteiger partial charge < -0.3 is 21.0 Å². The van der Waals surface area contributed by atoms with Crippen molar-refractivity contribution >= 4 is 23.8 Å². The second-order valence-electron chi connectivity index (χ2n) is 11.5. The number of carbonyl (C=O) groups is 3. The molecule has 2 amide bonds. The Kier molecular flexibility index (Phi) is 8.34. The predicted octanol–water partition coefficient (Wildman–Crippen LogP) is 5.88. The Bertz CT molecular complexity index is 1700. The molecule has 12 heteroatoms. The number of carbonyl (C=O) groups excluding carboxylic acids is 2. The summed E-state index contributed by atoms with van der Waals surface area (Å²) in [7, 11) is 0. The quantitative estimate of drug-likeness (QED) is 0.232. The Labute approximate surface area is 253 Å². The zero-order valence-corrected chi connectivity index (χ0v) is 24.6. The van der Waals surface area contributed by atoms with Crippen molar-refractivity contribution in [2.45, 2.75) is 51.7 Å². The van der Waals surface area contributed by atoms with E-state index in [9.17, 15) is 23.9 Å². The number of ether oxygens (including phenoxy) is 1. The maximum Gasteiger partial charge on any atom is 0.410 e. The topological polar surface area (TPSA) is 153 Å². The Morgan fingerprint density at radius 2 is 1.68 bits per heavy atom. The summed E-state index contributed by atoms with van der Waals surface area (Å²) in [5.74, 6) is 4.77. The summed E-state index contributed by atoms with van der Waals surface area (Å²) in [4.78, 5) is 48.7. The summed E-state index contributed by atoms with van der Waals surface area (Å²) < 4.78 is 19.9. The van der Waals surface area contributed by atoms with Crippen LogP contribution in [0.2, 0.25) is 0 Å². The van der Waals surface area contributed by atoms with Gasteiger partial charge in [0.2, 0.25) is 0 Å². The number of pyridine rings is 1. The van der Waals surface area contributed by atoms with Gasteiger partial charge >= 0.3 is 12.1 Å². The molecule has 2 aromatic heterocycles. The molecule has 4 N–H and O–H groups in total. The number of carboxylic acids is 1. The number of imidazole rings is 1. The third-order valence-corrected chi connectivity index (χ3v) is 7.17. The zero-order chi connectivity index (χ0) is 31.6. The van der Waals surface area contributed by atoms with E-state index in [0.29, 0.717) is 29.9 Å². The summed E-state index contributed by atoms with van der Waals surface area (Å²) in [6, 6.07) is 15.1. The van der Waals surface area contributed by atoms with Crippen LogP contribution in [0.5, 0.6) is 0 Å². The Hall–Kier alpha value is -5.26. The molecule has 0 bridgehead atoms. The highest BCUT2D eigenvalue weighted by molar-refractivity contribution is 6.04. The molecule has 5 rings (SSSR count). The predicted molar refractivity (Wildman–Crippen MR) is 162 cm³/mol. The van der Waals surface area contributed by atoms with Crippen molar-refractivity contribution in [2.75, 3.05) is 17.7 Å². The van der Waals surface area contributed by atoms with Crippen molar-refractivity contribution in [2.24, 2.45) is 0 Å². The van der Waals surface area contributed by atoms with Crippen molar-refractivity contribution < 1.29 is 28.6 Å². The van der Waals surface area contributed by atoms with Crippen molar-refractivity contribution in [1.29, 1.82) is 0 Å². The van der Waals surface area contributed by atoms with E-state index in [0.717, 1.165) is 28.6 Å². The van der Waals surface area contributed by atoms with Crippen LogP contribution in [-0.4, -0.2) is 54.8 Å². The highest BCUT2D eigenvalue weighted by Gasteiger charge is 2.36. The number of nitrogen functional groups attached to an aromatic ring is 1. The minimum atomic E-state index is -1.28. The lowest BCUT2D eigenvalue weighted by atomic mass is 10.0. The fourth-order valence-corrected chi connectivity index (χ4v) is 5.12. The molecule has 0 saturated carbocycles. The third kappa shape index (κ3) is 6.54. The number of piperidine rings is 1. The number of carboxylic acid groups (broad SMARTS) is 1. The average Bonchev–Trinajstić information content (AvgIpc) is 3.34. The molecule has 0 spiro atoms. The minimum Gasteiger partial charge on any atom is -0.476 e. The van der Waals surface area contributed by atoms with Gasteiger partial charge in [-0.2, -0.15) is 0 Å². The molecule has 0 unspecified atom stereocenters. The van der Waals surface area contributed by atoms with Crippen LogP contribution in [0.3, 0.4) is 0 Å². The second-order valence-corrected chi connectivity index (χ2v) is 11.5. The first kappa shape index (κ1) is 30.2. The van der Waals surface area contributed by atoms with Crippen molar-refractivity contribution in [1.82, 2.24) is 19.5 Å². The third-order valence-electron chi connectivity index (χ3n) is 7.17. The van der Waals surface area contributed by atoms with E-state index in [1.165, 1.54) is 12.1 Å². The van der Waals surface area contributed by atoms with Crippen LogP contribution in [-0.2, 0) is 4.74 Å². The number of aromatic carboxylic acids is 1. The second kappa shape index (κ2) is 12.2. The van der Waals surface area contributed by atoms with Crippen LogP contribution in [0.1, 0.15) is 72.7 Å². The van der Waals surface area contributed by atoms with Crippen LogP contribution in [0, 0.1) is 5.82 Å². The molecule has 1 saturated heterocycles. The van der Waals surface area contributed by atoms with Crippen LogP contribution < -0.4 is 11.2 Å². The summed E-state index contributed by atoms with van der Waals surface area (Å²) in [6.45, 7) is 5.76. The number of anilines is 1. The lowest BCUT2D eigenvalue weighted by molar-refractivity contribution is 0.00821. The molecule has 1 atom stereocenters. The van der Waals surface area contributed by atoms with Crippen molar-refractivity contribution in [3.05, 3.63) is 89.8 Å². The molecule has 2 aromatic carbocycles. The van der Waals surface area contributed by atoms with E-state index in [2.05, 4.69) is 15.3 Å². The maximum absolute atomic E-state index is 13.3. The van der Waals surface area contributed by atoms with E-state index in [4.69, 9.17) is 10.6 Å².